The van der Waals surface area contributed by atoms with Gasteiger partial charge in [0.25, 0.3) is 18.2 Å². The maximum atomic E-state index is 14.8. The van der Waals surface area contributed by atoms with Crippen LogP contribution in [0.3, 0.4) is 0 Å². The Morgan fingerprint density at radius 1 is 0.854 bits per heavy atom. The summed E-state index contributed by atoms with van der Waals surface area (Å²) in [5, 5.41) is 14.0. The lowest BCUT2D eigenvalue weighted by Crippen LogP contribution is -2.62. The van der Waals surface area contributed by atoms with Crippen molar-refractivity contribution < 1.29 is 75.1 Å². The number of imide groups is 1. The van der Waals surface area contributed by atoms with Gasteiger partial charge in [-0.25, -0.2) is 8.78 Å². The van der Waals surface area contributed by atoms with Crippen molar-refractivity contribution in [2.45, 2.75) is 139 Å². The molecule has 0 aliphatic carbocycles. The second-order valence-corrected chi connectivity index (χ2v) is 27.1. The molecule has 4 fully saturated rings. The second kappa shape index (κ2) is 27.4. The van der Waals surface area contributed by atoms with Crippen LogP contribution < -0.4 is 32.3 Å². The van der Waals surface area contributed by atoms with Gasteiger partial charge in [0.05, 0.1) is 11.4 Å². The largest absolute Gasteiger partial charge is 0.399 e. The molecule has 5 aliphatic heterocycles. The number of thiophene rings is 1. The molecule has 4 saturated heterocycles. The van der Waals surface area contributed by atoms with E-state index in [-0.39, 0.29) is 103 Å². The fraction of sp³-hybridized carbons (Fsp3) is 0.517. The molecule has 5 aliphatic rings. The van der Waals surface area contributed by atoms with Gasteiger partial charge in [0.2, 0.25) is 41.4 Å². The standard InChI is InChI=1S/C60H74F4N11O12PS/c1-59(2,3)36-10-8-34(9-11-36)28-43(57(83)73-26-24-71(25-27-73)22-5-21-66-41-7-4-6-39-40(41)31-74(56(39)82)45-16-19-51(77)70-53(45)79)68-52(78)42(14-18-50(65)76)67-54(80)46-15-13-38-20-23-72(33-49(61)62)32-44(58(84)75(38)46)69-55(81)48-30-35-29-37(12-17-47(35)89-48)60(63,64)88(85,86)87/h4,6-12,17,29-30,38,42-46,49,66H,5,13-16,18-28,31-33H2,1-3H3,(H2,65,76)(H,67,80)(H,68,78)(H,69,81)(H,70,77,79)(H2,85,86,87)/t38-,42+,43+,44+,45?,46+/m1/s1. The SMILES string of the molecule is CC(C)(C)c1ccc(C[C@H](NC(=O)[C@H](CCC(N)=O)NC(=O)[C@@H]2CC[C@@H]3CCN(CC(F)F)C[C@H](NC(=O)c4cc5cc(C(F)(F)P(=O)(O)O)ccc5s4)C(=O)N32)C(=O)N2CCN(CCCNc3cccc4c3CN(C3CCC(=O)NC3=O)C4=O)CC2)cc1. The number of benzene rings is 3. The van der Waals surface area contributed by atoms with Gasteiger partial charge in [-0.2, -0.15) is 8.78 Å². The topological polar surface area (TPSA) is 314 Å². The van der Waals surface area contributed by atoms with Gasteiger partial charge < -0.3 is 51.5 Å². The van der Waals surface area contributed by atoms with Gasteiger partial charge in [-0.15, -0.1) is 11.3 Å². The van der Waals surface area contributed by atoms with Crippen molar-refractivity contribution in [1.82, 2.24) is 45.8 Å². The van der Waals surface area contributed by atoms with Crippen molar-refractivity contribution in [3.8, 4) is 0 Å². The number of hydrogen-bond donors (Lipinski definition) is 8. The lowest BCUT2D eigenvalue weighted by molar-refractivity contribution is -0.144. The summed E-state index contributed by atoms with van der Waals surface area (Å²) in [6.07, 6.45) is -1.90. The smallest absolute Gasteiger partial charge is 0.385 e. The molecule has 3 aromatic carbocycles. The molecule has 1 aromatic heterocycles. The first-order valence-corrected chi connectivity index (χ1v) is 32.1. The number of carbonyl (C=O) groups excluding carboxylic acids is 9. The molecular weight excluding hydrogens is 1210 g/mol. The summed E-state index contributed by atoms with van der Waals surface area (Å²) in [5.41, 5.74) is 3.65. The normalized spacial score (nSPS) is 21.2. The van der Waals surface area contributed by atoms with Crippen LogP contribution in [-0.2, 0) is 62.2 Å². The van der Waals surface area contributed by atoms with E-state index < -0.39 is 110 Å². The number of alkyl halides is 4. The fourth-order valence-electron chi connectivity index (χ4n) is 12.3. The van der Waals surface area contributed by atoms with E-state index in [1.807, 2.05) is 30.3 Å². The molecule has 480 valence electrons. The Kier molecular flexibility index (Phi) is 20.3. The number of rotatable bonds is 22. The summed E-state index contributed by atoms with van der Waals surface area (Å²) < 4.78 is 69.0. The average molecular weight is 1280 g/mol. The highest BCUT2D eigenvalue weighted by Gasteiger charge is 2.51. The highest BCUT2D eigenvalue weighted by molar-refractivity contribution is 7.52. The van der Waals surface area contributed by atoms with Crippen LogP contribution in [0.25, 0.3) is 10.1 Å². The molecule has 29 heteroatoms. The number of halogens is 4. The maximum Gasteiger partial charge on any atom is 0.399 e. The van der Waals surface area contributed by atoms with Crippen LogP contribution in [0.4, 0.5) is 23.2 Å². The quantitative estimate of drug-likeness (QED) is 0.0241. The van der Waals surface area contributed by atoms with Crippen LogP contribution in [-0.4, -0.2) is 189 Å². The Labute approximate surface area is 514 Å². The Bertz CT molecular complexity index is 3430. The molecule has 0 spiro atoms. The minimum absolute atomic E-state index is 0.0283. The minimum Gasteiger partial charge on any atom is -0.385 e. The monoisotopic (exact) mass is 1280 g/mol. The summed E-state index contributed by atoms with van der Waals surface area (Å²) in [6.45, 7) is 8.12. The van der Waals surface area contributed by atoms with E-state index in [0.717, 1.165) is 51.9 Å². The first-order valence-electron chi connectivity index (χ1n) is 29.7. The third kappa shape index (κ3) is 15.5. The number of carbonyl (C=O) groups is 9. The number of primary amides is 1. The Balaban J connectivity index is 0.861. The zero-order valence-electron chi connectivity index (χ0n) is 49.5. The zero-order valence-corrected chi connectivity index (χ0v) is 51.2. The van der Waals surface area contributed by atoms with Gasteiger partial charge in [-0.05, 0) is 97.3 Å². The first kappa shape index (κ1) is 66.1. The third-order valence-electron chi connectivity index (χ3n) is 17.2. The van der Waals surface area contributed by atoms with Gasteiger partial charge in [-0.3, -0.25) is 62.8 Å². The number of nitrogens with two attached hydrogens (primary N) is 1. The fourth-order valence-corrected chi connectivity index (χ4v) is 13.7. The lowest BCUT2D eigenvalue weighted by Gasteiger charge is -2.39. The number of amides is 9. The molecule has 1 unspecified atom stereocenters. The van der Waals surface area contributed by atoms with Crippen molar-refractivity contribution in [1.29, 1.82) is 0 Å². The number of nitrogens with zero attached hydrogens (tertiary/aromatic N) is 5. The van der Waals surface area contributed by atoms with Gasteiger partial charge >= 0.3 is 13.3 Å². The van der Waals surface area contributed by atoms with Crippen molar-refractivity contribution in [3.05, 3.63) is 99.4 Å². The third-order valence-corrected chi connectivity index (χ3v) is 19.3. The first-order chi connectivity index (χ1) is 42.1. The number of fused-ring (bicyclic) bond motifs is 3. The summed E-state index contributed by atoms with van der Waals surface area (Å²) in [5.74, 6) is -5.63. The predicted molar refractivity (Wildman–Crippen MR) is 319 cm³/mol. The van der Waals surface area contributed by atoms with Crippen LogP contribution in [0.1, 0.15) is 114 Å². The minimum atomic E-state index is -5.94. The van der Waals surface area contributed by atoms with Crippen LogP contribution in [0, 0.1) is 0 Å². The van der Waals surface area contributed by atoms with Gasteiger partial charge in [0, 0.05) is 105 Å². The Morgan fingerprint density at radius 3 is 2.25 bits per heavy atom. The molecule has 6 heterocycles. The van der Waals surface area contributed by atoms with E-state index in [9.17, 15) is 75.1 Å². The van der Waals surface area contributed by atoms with E-state index in [0.29, 0.717) is 51.3 Å². The predicted octanol–water partition coefficient (Wildman–Crippen LogP) is 3.74. The molecule has 0 radical (unpaired) electrons. The molecule has 4 aromatic rings. The number of nitrogens with one attached hydrogen (secondary N) is 5. The number of hydrogen-bond acceptors (Lipinski definition) is 14. The average Bonchev–Trinajstić information content (AvgIpc) is 1.77. The molecule has 0 saturated carbocycles. The highest BCUT2D eigenvalue weighted by Crippen LogP contribution is 2.59. The summed E-state index contributed by atoms with van der Waals surface area (Å²) in [4.78, 5) is 149. The molecule has 0 bridgehead atoms. The number of piperazine rings is 1. The molecule has 9 rings (SSSR count). The Hall–Kier alpha value is -7.36. The lowest BCUT2D eigenvalue weighted by atomic mass is 9.86. The van der Waals surface area contributed by atoms with Crippen LogP contribution in [0.15, 0.2) is 66.7 Å². The van der Waals surface area contributed by atoms with E-state index in [1.54, 1.807) is 17.0 Å². The summed E-state index contributed by atoms with van der Waals surface area (Å²) in [7, 11) is -5.94. The zero-order chi connectivity index (χ0) is 64.3. The van der Waals surface area contributed by atoms with Gasteiger partial charge in [0.15, 0.2) is 0 Å². The van der Waals surface area contributed by atoms with E-state index in [4.69, 9.17) is 5.73 Å². The molecule has 9 amide bonds. The van der Waals surface area contributed by atoms with Crippen LogP contribution >= 0.6 is 18.9 Å². The summed E-state index contributed by atoms with van der Waals surface area (Å²) >= 11 is 0.815. The molecule has 89 heavy (non-hydrogen) atoms. The van der Waals surface area contributed by atoms with Gasteiger partial charge in [0.1, 0.15) is 30.2 Å². The highest BCUT2D eigenvalue weighted by atomic mass is 32.1. The van der Waals surface area contributed by atoms with Crippen LogP contribution in [0.5, 0.6) is 0 Å². The van der Waals surface area contributed by atoms with E-state index in [2.05, 4.69) is 52.3 Å². The maximum absolute atomic E-state index is 14.8. The summed E-state index contributed by atoms with van der Waals surface area (Å²) in [6, 6.07) is 10.1. The molecule has 9 N–H and O–H groups in total. The van der Waals surface area contributed by atoms with Crippen LogP contribution in [0.2, 0.25) is 0 Å². The molecule has 6 atom stereocenters. The van der Waals surface area contributed by atoms with Crippen molar-refractivity contribution in [3.63, 3.8) is 0 Å². The van der Waals surface area contributed by atoms with Crippen molar-refractivity contribution >= 4 is 87.9 Å². The molecular formula is C60H74F4N11O12PS. The van der Waals surface area contributed by atoms with Crippen molar-refractivity contribution in [2.75, 3.05) is 64.2 Å². The van der Waals surface area contributed by atoms with Crippen molar-refractivity contribution in [2.24, 2.45) is 5.73 Å². The second-order valence-electron chi connectivity index (χ2n) is 24.4. The number of piperidine rings is 1. The molecule has 23 nitrogen and oxygen atoms in total. The Morgan fingerprint density at radius 2 is 1.57 bits per heavy atom. The van der Waals surface area contributed by atoms with Gasteiger partial charge in [-0.1, -0.05) is 57.2 Å². The van der Waals surface area contributed by atoms with E-state index >= 15 is 0 Å². The number of anilines is 1. The van der Waals surface area contributed by atoms with E-state index in [1.165, 1.54) is 20.8 Å².